The van der Waals surface area contributed by atoms with Crippen molar-refractivity contribution in [2.45, 2.75) is 13.5 Å². The van der Waals surface area contributed by atoms with Gasteiger partial charge in [-0.1, -0.05) is 53.6 Å². The zero-order valence-electron chi connectivity index (χ0n) is 12.5. The first kappa shape index (κ1) is 15.3. The molecule has 1 aromatic heterocycles. The first-order chi connectivity index (χ1) is 11.0. The van der Waals surface area contributed by atoms with E-state index in [0.29, 0.717) is 17.3 Å². The minimum atomic E-state index is -0.996. The van der Waals surface area contributed by atoms with Gasteiger partial charge in [0.2, 0.25) is 0 Å². The fourth-order valence-electron chi connectivity index (χ4n) is 2.34. The molecule has 1 N–H and O–H groups in total. The van der Waals surface area contributed by atoms with Gasteiger partial charge in [0.05, 0.1) is 12.2 Å². The quantitative estimate of drug-likeness (QED) is 0.779. The molecule has 0 atom stereocenters. The molecule has 0 fully saturated rings. The van der Waals surface area contributed by atoms with E-state index in [4.69, 9.17) is 11.6 Å². The fraction of sp³-hybridized carbons (Fsp3) is 0.111. The van der Waals surface area contributed by atoms with E-state index in [1.165, 1.54) is 4.68 Å². The second kappa shape index (κ2) is 6.26. The van der Waals surface area contributed by atoms with Crippen LogP contribution in [0.2, 0.25) is 5.02 Å². The van der Waals surface area contributed by atoms with Gasteiger partial charge in [0.1, 0.15) is 5.69 Å². The molecular weight excluding hydrogens is 312 g/mol. The number of aryl methyl sites for hydroxylation is 1. The summed E-state index contributed by atoms with van der Waals surface area (Å²) in [5.74, 6) is -0.996. The average Bonchev–Trinajstić information content (AvgIpc) is 2.94. The van der Waals surface area contributed by atoms with Crippen LogP contribution in [-0.2, 0) is 6.54 Å². The minimum absolute atomic E-state index is 0.163. The van der Waals surface area contributed by atoms with Gasteiger partial charge < -0.3 is 5.11 Å². The summed E-state index contributed by atoms with van der Waals surface area (Å²) in [5, 5.41) is 14.5. The molecule has 0 aliphatic carbocycles. The number of carboxylic acids is 1. The summed E-state index contributed by atoms with van der Waals surface area (Å²) in [6.07, 6.45) is 0. The molecule has 1 heterocycles. The zero-order chi connectivity index (χ0) is 16.4. The molecule has 0 amide bonds. The SMILES string of the molecule is Cc1ccc(Cn2nc(-c3ccc(Cl)cc3)cc2C(=O)O)cc1. The highest BCUT2D eigenvalue weighted by Gasteiger charge is 2.15. The molecule has 2 aromatic carbocycles. The largest absolute Gasteiger partial charge is 0.477 e. The summed E-state index contributed by atoms with van der Waals surface area (Å²) in [6, 6.07) is 16.7. The number of aromatic carboxylic acids is 1. The number of nitrogens with zero attached hydrogens (tertiary/aromatic N) is 2. The second-order valence-corrected chi connectivity index (χ2v) is 5.81. The summed E-state index contributed by atoms with van der Waals surface area (Å²) in [7, 11) is 0. The molecule has 0 saturated heterocycles. The maximum atomic E-state index is 11.5. The summed E-state index contributed by atoms with van der Waals surface area (Å²) in [6.45, 7) is 2.43. The van der Waals surface area contributed by atoms with Crippen molar-refractivity contribution in [2.24, 2.45) is 0 Å². The van der Waals surface area contributed by atoms with Gasteiger partial charge in [-0.2, -0.15) is 5.10 Å². The number of carboxylic acid groups (broad SMARTS) is 1. The lowest BCUT2D eigenvalue weighted by Crippen LogP contribution is -2.10. The normalized spacial score (nSPS) is 10.7. The number of hydrogen-bond donors (Lipinski definition) is 1. The first-order valence-electron chi connectivity index (χ1n) is 7.15. The van der Waals surface area contributed by atoms with Crippen molar-refractivity contribution >= 4 is 17.6 Å². The Labute approximate surface area is 139 Å². The highest BCUT2D eigenvalue weighted by atomic mass is 35.5. The van der Waals surface area contributed by atoms with E-state index < -0.39 is 5.97 Å². The molecular formula is C18H15ClN2O2. The summed E-state index contributed by atoms with van der Waals surface area (Å²) < 4.78 is 1.51. The van der Waals surface area contributed by atoms with Crippen LogP contribution in [0.15, 0.2) is 54.6 Å². The lowest BCUT2D eigenvalue weighted by Gasteiger charge is -2.05. The van der Waals surface area contributed by atoms with Gasteiger partial charge in [-0.3, -0.25) is 4.68 Å². The van der Waals surface area contributed by atoms with Crippen LogP contribution in [0.4, 0.5) is 0 Å². The molecule has 3 aromatic rings. The number of carbonyl (C=O) groups is 1. The van der Waals surface area contributed by atoms with Crippen LogP contribution < -0.4 is 0 Å². The Morgan fingerprint density at radius 2 is 1.78 bits per heavy atom. The zero-order valence-corrected chi connectivity index (χ0v) is 13.3. The molecule has 0 spiro atoms. The molecule has 0 aliphatic heterocycles. The molecule has 0 unspecified atom stereocenters. The van der Waals surface area contributed by atoms with Gasteiger partial charge in [-0.25, -0.2) is 4.79 Å². The number of hydrogen-bond acceptors (Lipinski definition) is 2. The highest BCUT2D eigenvalue weighted by Crippen LogP contribution is 2.22. The van der Waals surface area contributed by atoms with Gasteiger partial charge in [-0.05, 0) is 30.7 Å². The number of rotatable bonds is 4. The summed E-state index contributed by atoms with van der Waals surface area (Å²) in [4.78, 5) is 11.5. The molecule has 4 nitrogen and oxygen atoms in total. The molecule has 5 heteroatoms. The number of halogens is 1. The molecule has 0 saturated carbocycles. The van der Waals surface area contributed by atoms with Crippen LogP contribution in [0.3, 0.4) is 0 Å². The van der Waals surface area contributed by atoms with Crippen LogP contribution in [-0.4, -0.2) is 20.9 Å². The molecule has 3 rings (SSSR count). The third kappa shape index (κ3) is 3.43. The van der Waals surface area contributed by atoms with Gasteiger partial charge in [0, 0.05) is 10.6 Å². The molecule has 0 aliphatic rings. The average molecular weight is 327 g/mol. The Kier molecular flexibility index (Phi) is 4.17. The van der Waals surface area contributed by atoms with Gasteiger partial charge in [0.15, 0.2) is 0 Å². The molecule has 116 valence electrons. The molecule has 23 heavy (non-hydrogen) atoms. The number of aromatic nitrogens is 2. The van der Waals surface area contributed by atoms with Crippen molar-refractivity contribution in [3.05, 3.63) is 76.4 Å². The number of benzene rings is 2. The van der Waals surface area contributed by atoms with Crippen LogP contribution >= 0.6 is 11.6 Å². The van der Waals surface area contributed by atoms with Crippen LogP contribution in [0.25, 0.3) is 11.3 Å². The van der Waals surface area contributed by atoms with Gasteiger partial charge in [-0.15, -0.1) is 0 Å². The molecule has 0 bridgehead atoms. The van der Waals surface area contributed by atoms with Crippen molar-refractivity contribution in [2.75, 3.05) is 0 Å². The van der Waals surface area contributed by atoms with Crippen molar-refractivity contribution in [1.82, 2.24) is 9.78 Å². The van der Waals surface area contributed by atoms with Gasteiger partial charge >= 0.3 is 5.97 Å². The Hall–Kier alpha value is -2.59. The Morgan fingerprint density at radius 3 is 2.39 bits per heavy atom. The summed E-state index contributed by atoms with van der Waals surface area (Å²) >= 11 is 5.89. The van der Waals surface area contributed by atoms with E-state index in [1.54, 1.807) is 18.2 Å². The van der Waals surface area contributed by atoms with E-state index in [2.05, 4.69) is 5.10 Å². The van der Waals surface area contributed by atoms with E-state index >= 15 is 0 Å². The maximum Gasteiger partial charge on any atom is 0.354 e. The van der Waals surface area contributed by atoms with Crippen molar-refractivity contribution in [1.29, 1.82) is 0 Å². The Morgan fingerprint density at radius 1 is 1.13 bits per heavy atom. The van der Waals surface area contributed by atoms with Crippen LogP contribution in [0.5, 0.6) is 0 Å². The third-order valence-electron chi connectivity index (χ3n) is 3.59. The first-order valence-corrected chi connectivity index (χ1v) is 7.53. The third-order valence-corrected chi connectivity index (χ3v) is 3.84. The van der Waals surface area contributed by atoms with E-state index in [0.717, 1.165) is 16.7 Å². The van der Waals surface area contributed by atoms with Crippen molar-refractivity contribution in [3.8, 4) is 11.3 Å². The van der Waals surface area contributed by atoms with Crippen LogP contribution in [0.1, 0.15) is 21.6 Å². The smallest absolute Gasteiger partial charge is 0.354 e. The summed E-state index contributed by atoms with van der Waals surface area (Å²) in [5.41, 5.74) is 3.78. The second-order valence-electron chi connectivity index (χ2n) is 5.37. The fourth-order valence-corrected chi connectivity index (χ4v) is 2.46. The molecule has 0 radical (unpaired) electrons. The monoisotopic (exact) mass is 326 g/mol. The van der Waals surface area contributed by atoms with E-state index in [1.807, 2.05) is 43.3 Å². The van der Waals surface area contributed by atoms with Crippen LogP contribution in [0, 0.1) is 6.92 Å². The predicted molar refractivity (Wildman–Crippen MR) is 89.9 cm³/mol. The lowest BCUT2D eigenvalue weighted by molar-refractivity contribution is 0.0684. The predicted octanol–water partition coefficient (Wildman–Crippen LogP) is 4.26. The van der Waals surface area contributed by atoms with Crippen molar-refractivity contribution in [3.63, 3.8) is 0 Å². The topological polar surface area (TPSA) is 55.1 Å². The van der Waals surface area contributed by atoms with Crippen molar-refractivity contribution < 1.29 is 9.90 Å². The standard InChI is InChI=1S/C18H15ClN2O2/c1-12-2-4-13(5-3-12)11-21-17(18(22)23)10-16(20-21)14-6-8-15(19)9-7-14/h2-10H,11H2,1H3,(H,22,23). The Bertz CT molecular complexity index is 836. The minimum Gasteiger partial charge on any atom is -0.477 e. The maximum absolute atomic E-state index is 11.5. The van der Waals surface area contributed by atoms with E-state index in [-0.39, 0.29) is 5.69 Å². The lowest BCUT2D eigenvalue weighted by atomic mass is 10.1. The Balaban J connectivity index is 1.97. The van der Waals surface area contributed by atoms with E-state index in [9.17, 15) is 9.90 Å². The van der Waals surface area contributed by atoms with Gasteiger partial charge in [0.25, 0.3) is 0 Å². The highest BCUT2D eigenvalue weighted by molar-refractivity contribution is 6.30.